The number of benzene rings is 3. The van der Waals surface area contributed by atoms with Crippen molar-refractivity contribution < 1.29 is 26.3 Å². The number of sulfonamides is 1. The summed E-state index contributed by atoms with van der Waals surface area (Å²) in [6.45, 7) is 0. The SMILES string of the molecule is COc1ccc(NS(=O)(=O)c2ccc3c(c2)[C@H]2C=CC[C@H]2[C@@H](c2ccccc2C(F)(F)F)N3)cc1. The number of methoxy groups -OCH3 is 1. The molecule has 9 heteroatoms. The molecule has 1 heterocycles. The van der Waals surface area contributed by atoms with E-state index < -0.39 is 27.8 Å². The van der Waals surface area contributed by atoms with Crippen molar-refractivity contribution in [2.75, 3.05) is 17.1 Å². The quantitative estimate of drug-likeness (QED) is 0.401. The second kappa shape index (κ2) is 8.64. The number of fused-ring (bicyclic) bond motifs is 3. The number of hydrogen-bond donors (Lipinski definition) is 2. The lowest BCUT2D eigenvalue weighted by Gasteiger charge is -2.38. The lowest BCUT2D eigenvalue weighted by Crippen LogP contribution is -2.31. The van der Waals surface area contributed by atoms with Crippen molar-refractivity contribution in [3.05, 3.63) is 95.6 Å². The molecule has 1 aliphatic heterocycles. The summed E-state index contributed by atoms with van der Waals surface area (Å²) in [7, 11) is -2.35. The molecule has 0 saturated carbocycles. The molecule has 182 valence electrons. The number of allylic oxidation sites excluding steroid dienone is 2. The molecule has 3 aromatic carbocycles. The first-order valence-electron chi connectivity index (χ1n) is 11.1. The zero-order valence-corrected chi connectivity index (χ0v) is 19.5. The second-order valence-corrected chi connectivity index (χ2v) is 10.3. The fourth-order valence-electron chi connectivity index (χ4n) is 4.95. The van der Waals surface area contributed by atoms with E-state index in [4.69, 9.17) is 4.74 Å². The minimum atomic E-state index is -4.47. The van der Waals surface area contributed by atoms with Crippen LogP contribution in [0.5, 0.6) is 5.75 Å². The van der Waals surface area contributed by atoms with E-state index in [2.05, 4.69) is 10.0 Å². The molecule has 2 aliphatic rings. The number of rotatable bonds is 5. The van der Waals surface area contributed by atoms with Gasteiger partial charge in [0.1, 0.15) is 5.75 Å². The minimum absolute atomic E-state index is 0.0852. The van der Waals surface area contributed by atoms with Crippen molar-refractivity contribution in [3.63, 3.8) is 0 Å². The van der Waals surface area contributed by atoms with Crippen molar-refractivity contribution in [1.29, 1.82) is 0 Å². The Morgan fingerprint density at radius 1 is 1.00 bits per heavy atom. The predicted octanol–water partition coefficient (Wildman–Crippen LogP) is 6.34. The normalized spacial score (nSPS) is 21.1. The van der Waals surface area contributed by atoms with Gasteiger partial charge in [0.05, 0.1) is 23.6 Å². The molecule has 5 rings (SSSR count). The van der Waals surface area contributed by atoms with Crippen LogP contribution in [0, 0.1) is 5.92 Å². The molecule has 0 radical (unpaired) electrons. The molecule has 0 saturated heterocycles. The Morgan fingerprint density at radius 2 is 1.74 bits per heavy atom. The van der Waals surface area contributed by atoms with Gasteiger partial charge >= 0.3 is 6.18 Å². The van der Waals surface area contributed by atoms with E-state index >= 15 is 0 Å². The van der Waals surface area contributed by atoms with Crippen LogP contribution in [-0.4, -0.2) is 15.5 Å². The van der Waals surface area contributed by atoms with Crippen molar-refractivity contribution in [1.82, 2.24) is 0 Å². The Bertz CT molecular complexity index is 1390. The van der Waals surface area contributed by atoms with Crippen molar-refractivity contribution in [3.8, 4) is 5.75 Å². The molecule has 0 spiro atoms. The van der Waals surface area contributed by atoms with E-state index in [0.717, 1.165) is 11.6 Å². The molecule has 35 heavy (non-hydrogen) atoms. The average molecular weight is 501 g/mol. The van der Waals surface area contributed by atoms with E-state index in [0.29, 0.717) is 23.5 Å². The van der Waals surface area contributed by atoms with Gasteiger partial charge in [-0.15, -0.1) is 0 Å². The summed E-state index contributed by atoms with van der Waals surface area (Å²) in [5.41, 5.74) is 1.31. The monoisotopic (exact) mass is 500 g/mol. The highest BCUT2D eigenvalue weighted by Gasteiger charge is 2.42. The Hall–Kier alpha value is -3.46. The maximum Gasteiger partial charge on any atom is 0.416 e. The van der Waals surface area contributed by atoms with Crippen LogP contribution in [0.2, 0.25) is 0 Å². The van der Waals surface area contributed by atoms with E-state index in [1.165, 1.54) is 25.3 Å². The third-order valence-electron chi connectivity index (χ3n) is 6.59. The van der Waals surface area contributed by atoms with Crippen LogP contribution >= 0.6 is 0 Å². The van der Waals surface area contributed by atoms with Gasteiger partial charge in [0, 0.05) is 17.3 Å². The summed E-state index contributed by atoms with van der Waals surface area (Å²) in [6, 6.07) is 16.3. The minimum Gasteiger partial charge on any atom is -0.497 e. The first-order chi connectivity index (χ1) is 16.7. The van der Waals surface area contributed by atoms with Gasteiger partial charge in [-0.1, -0.05) is 30.4 Å². The van der Waals surface area contributed by atoms with Crippen LogP contribution in [-0.2, 0) is 16.2 Å². The van der Waals surface area contributed by atoms with Crippen molar-refractivity contribution >= 4 is 21.4 Å². The topological polar surface area (TPSA) is 67.4 Å². The third-order valence-corrected chi connectivity index (χ3v) is 7.97. The lowest BCUT2D eigenvalue weighted by atomic mass is 9.76. The number of alkyl halides is 3. The standard InChI is InChI=1S/C26H23F3N2O3S/c1-34-17-11-9-16(10-12-17)31-35(32,33)18-13-14-24-22(15-18)19-6-4-7-20(19)25(30-24)21-5-2-3-8-23(21)26(27,28)29/h2-6,8-15,19-20,25,30-31H,7H2,1H3/t19-,20+,25-/m0/s1. The fraction of sp³-hybridized carbons (Fsp3) is 0.231. The molecular weight excluding hydrogens is 477 g/mol. The summed E-state index contributed by atoms with van der Waals surface area (Å²) in [5, 5.41) is 3.27. The van der Waals surface area contributed by atoms with Crippen LogP contribution in [0.1, 0.15) is 35.1 Å². The molecule has 3 aromatic rings. The molecule has 0 aromatic heterocycles. The smallest absolute Gasteiger partial charge is 0.416 e. The predicted molar refractivity (Wildman–Crippen MR) is 128 cm³/mol. The second-order valence-electron chi connectivity index (χ2n) is 8.64. The molecule has 0 fully saturated rings. The first kappa shape index (κ1) is 23.3. The summed E-state index contributed by atoms with van der Waals surface area (Å²) in [5.74, 6) is 0.237. The first-order valence-corrected chi connectivity index (χ1v) is 12.6. The Balaban J connectivity index is 1.49. The van der Waals surface area contributed by atoms with Crippen LogP contribution in [0.25, 0.3) is 0 Å². The van der Waals surface area contributed by atoms with Crippen LogP contribution in [0.15, 0.2) is 83.8 Å². The summed E-state index contributed by atoms with van der Waals surface area (Å²) in [6.07, 6.45) is 0.0348. The van der Waals surface area contributed by atoms with Gasteiger partial charge in [0.15, 0.2) is 0 Å². The molecule has 0 bridgehead atoms. The summed E-state index contributed by atoms with van der Waals surface area (Å²) in [4.78, 5) is 0.0852. The maximum absolute atomic E-state index is 13.7. The number of anilines is 2. The third kappa shape index (κ3) is 4.36. The van der Waals surface area contributed by atoms with E-state index in [-0.39, 0.29) is 22.3 Å². The van der Waals surface area contributed by atoms with Crippen LogP contribution < -0.4 is 14.8 Å². The van der Waals surface area contributed by atoms with Gasteiger partial charge < -0.3 is 10.1 Å². The molecular formula is C26H23F3N2O3S. The summed E-state index contributed by atoms with van der Waals surface area (Å²) >= 11 is 0. The van der Waals surface area contributed by atoms with Gasteiger partial charge in [-0.2, -0.15) is 13.2 Å². The van der Waals surface area contributed by atoms with Crippen molar-refractivity contribution in [2.45, 2.75) is 29.5 Å². The molecule has 3 atom stereocenters. The lowest BCUT2D eigenvalue weighted by molar-refractivity contribution is -0.138. The summed E-state index contributed by atoms with van der Waals surface area (Å²) < 4.78 is 75.0. The van der Waals surface area contributed by atoms with Gasteiger partial charge in [-0.05, 0) is 72.0 Å². The largest absolute Gasteiger partial charge is 0.497 e. The maximum atomic E-state index is 13.7. The van der Waals surface area contributed by atoms with Gasteiger partial charge in [-0.25, -0.2) is 8.42 Å². The number of ether oxygens (including phenoxy) is 1. The van der Waals surface area contributed by atoms with Crippen LogP contribution in [0.4, 0.5) is 24.5 Å². The Kier molecular flexibility index (Phi) is 5.75. The molecule has 1 aliphatic carbocycles. The van der Waals surface area contributed by atoms with Gasteiger partial charge in [0.25, 0.3) is 10.0 Å². The highest BCUT2D eigenvalue weighted by atomic mass is 32.2. The van der Waals surface area contributed by atoms with E-state index in [9.17, 15) is 21.6 Å². The molecule has 5 nitrogen and oxygen atoms in total. The number of nitrogens with one attached hydrogen (secondary N) is 2. The molecule has 0 amide bonds. The Morgan fingerprint density at radius 3 is 2.46 bits per heavy atom. The average Bonchev–Trinajstić information content (AvgIpc) is 3.33. The van der Waals surface area contributed by atoms with Crippen LogP contribution in [0.3, 0.4) is 0 Å². The van der Waals surface area contributed by atoms with E-state index in [1.54, 1.807) is 42.5 Å². The zero-order valence-electron chi connectivity index (χ0n) is 18.7. The highest BCUT2D eigenvalue weighted by molar-refractivity contribution is 7.92. The highest BCUT2D eigenvalue weighted by Crippen LogP contribution is 2.51. The molecule has 0 unspecified atom stereocenters. The van der Waals surface area contributed by atoms with Crippen molar-refractivity contribution in [2.24, 2.45) is 5.92 Å². The van der Waals surface area contributed by atoms with Gasteiger partial charge in [0.2, 0.25) is 0 Å². The fourth-order valence-corrected chi connectivity index (χ4v) is 6.04. The van der Waals surface area contributed by atoms with E-state index in [1.807, 2.05) is 12.2 Å². The van der Waals surface area contributed by atoms with Gasteiger partial charge in [-0.3, -0.25) is 4.72 Å². The zero-order chi connectivity index (χ0) is 24.8. The molecule has 2 N–H and O–H groups in total. The number of halogens is 3. The number of hydrogen-bond acceptors (Lipinski definition) is 4. The Labute approximate surface area is 201 Å².